The first-order chi connectivity index (χ1) is 11.1. The molecule has 0 saturated heterocycles. The van der Waals surface area contributed by atoms with Crippen molar-refractivity contribution in [3.63, 3.8) is 0 Å². The van der Waals surface area contributed by atoms with E-state index < -0.39 is 0 Å². The zero-order chi connectivity index (χ0) is 16.5. The normalized spacial score (nSPS) is 11.5. The van der Waals surface area contributed by atoms with Crippen molar-refractivity contribution >= 4 is 17.5 Å². The van der Waals surface area contributed by atoms with Crippen LogP contribution in [0, 0.1) is 0 Å². The fourth-order valence-electron chi connectivity index (χ4n) is 2.06. The van der Waals surface area contributed by atoms with Crippen LogP contribution in [0.25, 0.3) is 0 Å². The molecule has 2 N–H and O–H groups in total. The van der Waals surface area contributed by atoms with Crippen LogP contribution in [0.1, 0.15) is 18.5 Å². The molecule has 0 bridgehead atoms. The Bertz CT molecular complexity index is 629. The molecule has 0 spiro atoms. The summed E-state index contributed by atoms with van der Waals surface area (Å²) < 4.78 is 5.14. The van der Waals surface area contributed by atoms with Crippen LogP contribution in [0.15, 0.2) is 60.7 Å². The van der Waals surface area contributed by atoms with Gasteiger partial charge in [-0.1, -0.05) is 48.5 Å². The molecule has 0 aliphatic heterocycles. The molecule has 0 fully saturated rings. The van der Waals surface area contributed by atoms with Gasteiger partial charge < -0.3 is 15.4 Å². The average Bonchev–Trinajstić information content (AvgIpc) is 2.56. The summed E-state index contributed by atoms with van der Waals surface area (Å²) in [7, 11) is 0. The number of para-hydroxylation sites is 1. The highest BCUT2D eigenvalue weighted by Crippen LogP contribution is 2.10. The molecule has 2 aromatic carbocycles. The number of ether oxygens (including phenoxy) is 1. The number of rotatable bonds is 7. The van der Waals surface area contributed by atoms with Gasteiger partial charge in [0, 0.05) is 5.69 Å². The molecule has 0 heterocycles. The Morgan fingerprint density at radius 1 is 0.913 bits per heavy atom. The van der Waals surface area contributed by atoms with Gasteiger partial charge in [-0.25, -0.2) is 0 Å². The van der Waals surface area contributed by atoms with Crippen molar-refractivity contribution in [3.8, 4) is 0 Å². The highest BCUT2D eigenvalue weighted by Gasteiger charge is 2.10. The maximum Gasteiger partial charge on any atom is 0.250 e. The SMILES string of the molecule is CC(NC(=O)COCC(=O)Nc1ccccc1)c1ccccc1. The Morgan fingerprint density at radius 2 is 1.48 bits per heavy atom. The molecule has 0 radical (unpaired) electrons. The van der Waals surface area contributed by atoms with Crippen LogP contribution in [-0.4, -0.2) is 25.0 Å². The highest BCUT2D eigenvalue weighted by atomic mass is 16.5. The predicted molar refractivity (Wildman–Crippen MR) is 88.9 cm³/mol. The van der Waals surface area contributed by atoms with Crippen molar-refractivity contribution in [2.45, 2.75) is 13.0 Å². The van der Waals surface area contributed by atoms with E-state index in [0.717, 1.165) is 5.56 Å². The number of carbonyl (C=O) groups is 2. The van der Waals surface area contributed by atoms with Crippen LogP contribution in [0.5, 0.6) is 0 Å². The van der Waals surface area contributed by atoms with E-state index in [4.69, 9.17) is 4.74 Å². The Hall–Kier alpha value is -2.66. The standard InChI is InChI=1S/C18H20N2O3/c1-14(15-8-4-2-5-9-15)19-17(21)12-23-13-18(22)20-16-10-6-3-7-11-16/h2-11,14H,12-13H2,1H3,(H,19,21)(H,20,22). The molecule has 0 aliphatic rings. The minimum Gasteiger partial charge on any atom is -0.362 e. The summed E-state index contributed by atoms with van der Waals surface area (Å²) in [5.74, 6) is -0.547. The Balaban J connectivity index is 1.67. The number of nitrogens with one attached hydrogen (secondary N) is 2. The molecule has 1 unspecified atom stereocenters. The number of hydrogen-bond donors (Lipinski definition) is 2. The second-order valence-corrected chi connectivity index (χ2v) is 5.11. The maximum absolute atomic E-state index is 11.8. The van der Waals surface area contributed by atoms with Gasteiger partial charge in [-0.3, -0.25) is 9.59 Å². The maximum atomic E-state index is 11.8. The van der Waals surface area contributed by atoms with Gasteiger partial charge in [0.15, 0.2) is 0 Å². The summed E-state index contributed by atoms with van der Waals surface area (Å²) in [6.45, 7) is 1.58. The van der Waals surface area contributed by atoms with Crippen molar-refractivity contribution in [1.82, 2.24) is 5.32 Å². The van der Waals surface area contributed by atoms with Gasteiger partial charge in [0.1, 0.15) is 13.2 Å². The van der Waals surface area contributed by atoms with Crippen LogP contribution in [0.4, 0.5) is 5.69 Å². The molecule has 0 aromatic heterocycles. The van der Waals surface area contributed by atoms with E-state index in [9.17, 15) is 9.59 Å². The van der Waals surface area contributed by atoms with E-state index in [-0.39, 0.29) is 31.1 Å². The van der Waals surface area contributed by atoms with Crippen LogP contribution < -0.4 is 10.6 Å². The van der Waals surface area contributed by atoms with Crippen LogP contribution in [0.3, 0.4) is 0 Å². The van der Waals surface area contributed by atoms with E-state index in [1.165, 1.54) is 0 Å². The first-order valence-corrected chi connectivity index (χ1v) is 7.42. The van der Waals surface area contributed by atoms with Gasteiger partial charge in [-0.05, 0) is 24.6 Å². The third-order valence-corrected chi connectivity index (χ3v) is 3.20. The lowest BCUT2D eigenvalue weighted by Crippen LogP contribution is -2.31. The van der Waals surface area contributed by atoms with E-state index in [2.05, 4.69) is 10.6 Å². The molecule has 2 amide bonds. The summed E-state index contributed by atoms with van der Waals surface area (Å²) >= 11 is 0. The quantitative estimate of drug-likeness (QED) is 0.825. The topological polar surface area (TPSA) is 67.4 Å². The Kier molecular flexibility index (Phi) is 6.32. The molecule has 0 saturated carbocycles. The minimum atomic E-state index is -0.292. The number of hydrogen-bond acceptors (Lipinski definition) is 3. The molecule has 5 nitrogen and oxygen atoms in total. The van der Waals surface area contributed by atoms with Crippen molar-refractivity contribution in [2.75, 3.05) is 18.5 Å². The second-order valence-electron chi connectivity index (χ2n) is 5.11. The van der Waals surface area contributed by atoms with Crippen LogP contribution in [-0.2, 0) is 14.3 Å². The highest BCUT2D eigenvalue weighted by molar-refractivity contribution is 5.91. The minimum absolute atomic E-state index is 0.106. The van der Waals surface area contributed by atoms with E-state index >= 15 is 0 Å². The number of anilines is 1. The van der Waals surface area contributed by atoms with Gasteiger partial charge >= 0.3 is 0 Å². The summed E-state index contributed by atoms with van der Waals surface area (Å²) in [6.07, 6.45) is 0. The van der Waals surface area contributed by atoms with Gasteiger partial charge in [0.25, 0.3) is 0 Å². The van der Waals surface area contributed by atoms with E-state index in [1.54, 1.807) is 12.1 Å². The average molecular weight is 312 g/mol. The third kappa shape index (κ3) is 5.92. The number of benzene rings is 2. The Labute approximate surface area is 135 Å². The lowest BCUT2D eigenvalue weighted by atomic mass is 10.1. The molecule has 0 aliphatic carbocycles. The first-order valence-electron chi connectivity index (χ1n) is 7.42. The molecular formula is C18H20N2O3. The summed E-state index contributed by atoms with van der Waals surface area (Å²) in [6, 6.07) is 18.6. The molecular weight excluding hydrogens is 292 g/mol. The molecule has 23 heavy (non-hydrogen) atoms. The fourth-order valence-corrected chi connectivity index (χ4v) is 2.06. The summed E-state index contributed by atoms with van der Waals surface area (Å²) in [5, 5.41) is 5.51. The molecule has 120 valence electrons. The van der Waals surface area contributed by atoms with Gasteiger partial charge in [0.2, 0.25) is 11.8 Å². The van der Waals surface area contributed by atoms with Crippen molar-refractivity contribution in [1.29, 1.82) is 0 Å². The molecule has 5 heteroatoms. The largest absolute Gasteiger partial charge is 0.362 e. The number of carbonyl (C=O) groups excluding carboxylic acids is 2. The van der Waals surface area contributed by atoms with E-state index in [0.29, 0.717) is 5.69 Å². The van der Waals surface area contributed by atoms with Crippen LogP contribution >= 0.6 is 0 Å². The monoisotopic (exact) mass is 312 g/mol. The van der Waals surface area contributed by atoms with Gasteiger partial charge in [-0.2, -0.15) is 0 Å². The summed E-state index contributed by atoms with van der Waals surface area (Å²) in [5.41, 5.74) is 1.71. The molecule has 2 aromatic rings. The smallest absolute Gasteiger partial charge is 0.250 e. The molecule has 2 rings (SSSR count). The lowest BCUT2D eigenvalue weighted by molar-refractivity contribution is -0.129. The number of amides is 2. The first kappa shape index (κ1) is 16.7. The third-order valence-electron chi connectivity index (χ3n) is 3.20. The zero-order valence-corrected chi connectivity index (χ0v) is 13.0. The summed E-state index contributed by atoms with van der Waals surface area (Å²) in [4.78, 5) is 23.5. The predicted octanol–water partition coefficient (Wildman–Crippen LogP) is 2.52. The van der Waals surface area contributed by atoms with Crippen molar-refractivity contribution < 1.29 is 14.3 Å². The fraction of sp³-hybridized carbons (Fsp3) is 0.222. The van der Waals surface area contributed by atoms with Gasteiger partial charge in [-0.15, -0.1) is 0 Å². The zero-order valence-electron chi connectivity index (χ0n) is 13.0. The Morgan fingerprint density at radius 3 is 2.13 bits per heavy atom. The van der Waals surface area contributed by atoms with Crippen LogP contribution in [0.2, 0.25) is 0 Å². The van der Waals surface area contributed by atoms with Crippen molar-refractivity contribution in [2.24, 2.45) is 0 Å². The second kappa shape index (κ2) is 8.70. The molecule has 1 atom stereocenters. The van der Waals surface area contributed by atoms with Gasteiger partial charge in [0.05, 0.1) is 6.04 Å². The van der Waals surface area contributed by atoms with Crippen molar-refractivity contribution in [3.05, 3.63) is 66.2 Å². The van der Waals surface area contributed by atoms with E-state index in [1.807, 2.05) is 55.5 Å². The lowest BCUT2D eigenvalue weighted by Gasteiger charge is -2.14.